The number of benzene rings is 1. The van der Waals surface area contributed by atoms with Crippen molar-refractivity contribution in [2.75, 3.05) is 31.1 Å². The van der Waals surface area contributed by atoms with Crippen LogP contribution in [-0.4, -0.2) is 36.4 Å². The van der Waals surface area contributed by atoms with Crippen LogP contribution in [0.4, 0.5) is 5.82 Å². The Morgan fingerprint density at radius 3 is 2.61 bits per heavy atom. The zero-order valence-corrected chi connectivity index (χ0v) is 11.2. The van der Waals surface area contributed by atoms with Gasteiger partial charge in [-0.15, -0.1) is 10.2 Å². The molecular formula is C12H12Cl2N4. The summed E-state index contributed by atoms with van der Waals surface area (Å²) in [6.07, 6.45) is 0. The molecule has 94 valence electrons. The molecule has 4 nitrogen and oxygen atoms in total. The van der Waals surface area contributed by atoms with Crippen LogP contribution in [0.1, 0.15) is 0 Å². The quantitative estimate of drug-likeness (QED) is 0.872. The fourth-order valence-electron chi connectivity index (χ4n) is 2.19. The van der Waals surface area contributed by atoms with E-state index in [0.717, 1.165) is 42.8 Å². The van der Waals surface area contributed by atoms with E-state index in [1.54, 1.807) is 0 Å². The van der Waals surface area contributed by atoms with Gasteiger partial charge in [-0.1, -0.05) is 23.2 Å². The van der Waals surface area contributed by atoms with Crippen LogP contribution < -0.4 is 10.2 Å². The van der Waals surface area contributed by atoms with Crippen LogP contribution >= 0.6 is 23.2 Å². The topological polar surface area (TPSA) is 41.1 Å². The van der Waals surface area contributed by atoms with Gasteiger partial charge in [-0.05, 0) is 18.2 Å². The number of hydrogen-bond donors (Lipinski definition) is 1. The van der Waals surface area contributed by atoms with Gasteiger partial charge in [0.05, 0.1) is 0 Å². The number of anilines is 1. The van der Waals surface area contributed by atoms with Gasteiger partial charge < -0.3 is 10.2 Å². The maximum atomic E-state index is 6.07. The van der Waals surface area contributed by atoms with Crippen LogP contribution in [0, 0.1) is 0 Å². The van der Waals surface area contributed by atoms with E-state index < -0.39 is 0 Å². The zero-order valence-electron chi connectivity index (χ0n) is 9.66. The molecule has 1 aliphatic rings. The first-order valence-corrected chi connectivity index (χ1v) is 6.58. The van der Waals surface area contributed by atoms with Crippen molar-refractivity contribution in [3.8, 4) is 0 Å². The first-order chi connectivity index (χ1) is 8.75. The Kier molecular flexibility index (Phi) is 3.24. The van der Waals surface area contributed by atoms with E-state index in [0.29, 0.717) is 10.2 Å². The second-order valence-electron chi connectivity index (χ2n) is 4.24. The van der Waals surface area contributed by atoms with Gasteiger partial charge in [0.2, 0.25) is 0 Å². The zero-order chi connectivity index (χ0) is 12.5. The van der Waals surface area contributed by atoms with Gasteiger partial charge in [0.15, 0.2) is 11.0 Å². The van der Waals surface area contributed by atoms with Gasteiger partial charge in [0.25, 0.3) is 0 Å². The average Bonchev–Trinajstić information content (AvgIpc) is 2.40. The summed E-state index contributed by atoms with van der Waals surface area (Å²) in [5, 5.41) is 14.5. The van der Waals surface area contributed by atoms with Crippen molar-refractivity contribution in [3.05, 3.63) is 28.4 Å². The maximum absolute atomic E-state index is 6.07. The predicted molar refractivity (Wildman–Crippen MR) is 74.6 cm³/mol. The van der Waals surface area contributed by atoms with E-state index in [2.05, 4.69) is 20.4 Å². The lowest BCUT2D eigenvalue weighted by molar-refractivity contribution is 0.584. The summed E-state index contributed by atoms with van der Waals surface area (Å²) in [5.41, 5.74) is 0. The number of nitrogens with zero attached hydrogens (tertiary/aromatic N) is 3. The van der Waals surface area contributed by atoms with E-state index >= 15 is 0 Å². The molecule has 0 bridgehead atoms. The number of halogens is 2. The molecule has 0 spiro atoms. The Balaban J connectivity index is 2.16. The Labute approximate surface area is 115 Å². The van der Waals surface area contributed by atoms with E-state index in [-0.39, 0.29) is 0 Å². The second-order valence-corrected chi connectivity index (χ2v) is 5.04. The van der Waals surface area contributed by atoms with Crippen molar-refractivity contribution in [1.29, 1.82) is 0 Å². The van der Waals surface area contributed by atoms with Crippen molar-refractivity contribution in [2.24, 2.45) is 0 Å². The van der Waals surface area contributed by atoms with E-state index in [1.165, 1.54) is 0 Å². The minimum Gasteiger partial charge on any atom is -0.352 e. The normalized spacial score (nSPS) is 16.2. The highest BCUT2D eigenvalue weighted by Crippen LogP contribution is 2.30. The summed E-state index contributed by atoms with van der Waals surface area (Å²) >= 11 is 12.1. The molecule has 0 amide bonds. The summed E-state index contributed by atoms with van der Waals surface area (Å²) < 4.78 is 0. The van der Waals surface area contributed by atoms with Gasteiger partial charge in [-0.25, -0.2) is 0 Å². The lowest BCUT2D eigenvalue weighted by atomic mass is 10.1. The number of rotatable bonds is 1. The van der Waals surface area contributed by atoms with Crippen LogP contribution in [-0.2, 0) is 0 Å². The predicted octanol–water partition coefficient (Wildman–Crippen LogP) is 2.35. The summed E-state index contributed by atoms with van der Waals surface area (Å²) in [7, 11) is 0. The Morgan fingerprint density at radius 1 is 1.06 bits per heavy atom. The molecule has 1 aliphatic heterocycles. The van der Waals surface area contributed by atoms with Crippen molar-refractivity contribution in [1.82, 2.24) is 15.5 Å². The minimum atomic E-state index is 0.417. The molecule has 1 saturated heterocycles. The fourth-order valence-corrected chi connectivity index (χ4v) is 2.57. The van der Waals surface area contributed by atoms with Gasteiger partial charge >= 0.3 is 0 Å². The summed E-state index contributed by atoms with van der Waals surface area (Å²) in [6.45, 7) is 3.73. The number of hydrogen-bond acceptors (Lipinski definition) is 4. The lowest BCUT2D eigenvalue weighted by Gasteiger charge is -2.28. The first kappa shape index (κ1) is 12.0. The molecule has 0 saturated carbocycles. The smallest absolute Gasteiger partial charge is 0.159 e. The van der Waals surface area contributed by atoms with Gasteiger partial charge in [-0.2, -0.15) is 0 Å². The van der Waals surface area contributed by atoms with Crippen LogP contribution in [0.3, 0.4) is 0 Å². The molecule has 2 heterocycles. The second kappa shape index (κ2) is 4.88. The third-order valence-corrected chi connectivity index (χ3v) is 3.61. The van der Waals surface area contributed by atoms with Crippen LogP contribution in [0.25, 0.3) is 10.8 Å². The monoisotopic (exact) mass is 282 g/mol. The van der Waals surface area contributed by atoms with Crippen molar-refractivity contribution in [2.45, 2.75) is 0 Å². The molecule has 6 heteroatoms. The minimum absolute atomic E-state index is 0.417. The lowest BCUT2D eigenvalue weighted by Crippen LogP contribution is -2.44. The highest BCUT2D eigenvalue weighted by Gasteiger charge is 2.16. The Morgan fingerprint density at radius 2 is 1.83 bits per heavy atom. The molecule has 1 aromatic carbocycles. The molecule has 0 unspecified atom stereocenters. The van der Waals surface area contributed by atoms with E-state index in [1.807, 2.05) is 18.2 Å². The van der Waals surface area contributed by atoms with E-state index in [9.17, 15) is 0 Å². The summed E-state index contributed by atoms with van der Waals surface area (Å²) in [6, 6.07) is 5.61. The molecule has 2 aromatic rings. The molecule has 0 radical (unpaired) electrons. The standard InChI is InChI=1S/C12H12Cl2N4/c13-8-1-2-9-10(7-8)12(17-16-11(9)14)18-5-3-15-4-6-18/h1-2,7,15H,3-6H2. The van der Waals surface area contributed by atoms with Gasteiger partial charge in [0, 0.05) is 42.0 Å². The molecule has 0 atom stereocenters. The molecule has 1 fully saturated rings. The molecule has 1 aromatic heterocycles. The average molecular weight is 283 g/mol. The Bertz CT molecular complexity index is 582. The fraction of sp³-hybridized carbons (Fsp3) is 0.333. The van der Waals surface area contributed by atoms with E-state index in [4.69, 9.17) is 23.2 Å². The molecule has 18 heavy (non-hydrogen) atoms. The maximum Gasteiger partial charge on any atom is 0.159 e. The first-order valence-electron chi connectivity index (χ1n) is 5.83. The van der Waals surface area contributed by atoms with Crippen LogP contribution in [0.15, 0.2) is 18.2 Å². The van der Waals surface area contributed by atoms with Crippen LogP contribution in [0.5, 0.6) is 0 Å². The summed E-state index contributed by atoms with van der Waals surface area (Å²) in [4.78, 5) is 2.21. The molecule has 3 rings (SSSR count). The van der Waals surface area contributed by atoms with Crippen molar-refractivity contribution >= 4 is 39.8 Å². The third kappa shape index (κ3) is 2.11. The Hall–Kier alpha value is -1.10. The number of nitrogens with one attached hydrogen (secondary N) is 1. The largest absolute Gasteiger partial charge is 0.352 e. The number of aromatic nitrogens is 2. The molecule has 0 aliphatic carbocycles. The number of fused-ring (bicyclic) bond motifs is 1. The highest BCUT2D eigenvalue weighted by molar-refractivity contribution is 6.35. The van der Waals surface area contributed by atoms with Crippen molar-refractivity contribution in [3.63, 3.8) is 0 Å². The number of piperazine rings is 1. The molecule has 1 N–H and O–H groups in total. The van der Waals surface area contributed by atoms with Crippen LogP contribution in [0.2, 0.25) is 10.2 Å². The summed E-state index contributed by atoms with van der Waals surface area (Å²) in [5.74, 6) is 0.860. The molecular weight excluding hydrogens is 271 g/mol. The highest BCUT2D eigenvalue weighted by atomic mass is 35.5. The SMILES string of the molecule is Clc1ccc2c(Cl)nnc(N3CCNCC3)c2c1. The van der Waals surface area contributed by atoms with Gasteiger partial charge in [-0.3, -0.25) is 0 Å². The van der Waals surface area contributed by atoms with Gasteiger partial charge in [0.1, 0.15) is 0 Å². The van der Waals surface area contributed by atoms with Crippen molar-refractivity contribution < 1.29 is 0 Å². The third-order valence-electron chi connectivity index (χ3n) is 3.09.